The molecule has 0 saturated carbocycles. The minimum Gasteiger partial charge on any atom is -0.508 e. The Morgan fingerprint density at radius 1 is 1.33 bits per heavy atom. The van der Waals surface area contributed by atoms with E-state index in [1.807, 2.05) is 13.8 Å². The van der Waals surface area contributed by atoms with Gasteiger partial charge >= 0.3 is 5.97 Å². The Morgan fingerprint density at radius 2 is 2.07 bits per heavy atom. The SMILES string of the molecule is CNC(C(=O)NC(Cc1cccc(O)c1)C(=O)N1CCCC(C(=O)OC)N1)C(C)C. The molecule has 0 radical (unpaired) electrons. The van der Waals surface area contributed by atoms with E-state index < -0.39 is 24.1 Å². The number of hydrazine groups is 1. The van der Waals surface area contributed by atoms with Gasteiger partial charge in [-0.15, -0.1) is 0 Å². The van der Waals surface area contributed by atoms with Crippen LogP contribution in [0.2, 0.25) is 0 Å². The van der Waals surface area contributed by atoms with Crippen molar-refractivity contribution < 1.29 is 24.2 Å². The van der Waals surface area contributed by atoms with Gasteiger partial charge in [0, 0.05) is 13.0 Å². The average Bonchev–Trinajstić information content (AvgIpc) is 2.72. The highest BCUT2D eigenvalue weighted by Crippen LogP contribution is 2.16. The van der Waals surface area contributed by atoms with Crippen molar-refractivity contribution in [1.82, 2.24) is 21.1 Å². The van der Waals surface area contributed by atoms with Gasteiger partial charge in [-0.2, -0.15) is 0 Å². The van der Waals surface area contributed by atoms with Crippen LogP contribution in [0.5, 0.6) is 5.75 Å². The van der Waals surface area contributed by atoms with Crippen molar-refractivity contribution in [1.29, 1.82) is 0 Å². The molecule has 4 N–H and O–H groups in total. The number of methoxy groups -OCH3 is 1. The molecule has 2 amide bonds. The number of amides is 2. The molecular formula is C21H32N4O5. The quantitative estimate of drug-likeness (QED) is 0.448. The molecular weight excluding hydrogens is 388 g/mol. The second-order valence-corrected chi connectivity index (χ2v) is 7.78. The minimum atomic E-state index is -0.863. The van der Waals surface area contributed by atoms with Crippen molar-refractivity contribution in [2.45, 2.75) is 51.2 Å². The van der Waals surface area contributed by atoms with Gasteiger partial charge in [-0.05, 0) is 43.5 Å². The van der Waals surface area contributed by atoms with Crippen LogP contribution in [0.3, 0.4) is 0 Å². The number of benzene rings is 1. The van der Waals surface area contributed by atoms with Crippen molar-refractivity contribution in [2.75, 3.05) is 20.7 Å². The van der Waals surface area contributed by atoms with Crippen molar-refractivity contribution in [2.24, 2.45) is 5.92 Å². The molecule has 1 aliphatic heterocycles. The number of carbonyl (C=O) groups excluding carboxylic acids is 3. The van der Waals surface area contributed by atoms with E-state index in [9.17, 15) is 19.5 Å². The van der Waals surface area contributed by atoms with Crippen molar-refractivity contribution >= 4 is 17.8 Å². The van der Waals surface area contributed by atoms with Gasteiger partial charge in [0.05, 0.1) is 13.2 Å². The monoisotopic (exact) mass is 420 g/mol. The van der Waals surface area contributed by atoms with Crippen molar-refractivity contribution in [3.8, 4) is 5.75 Å². The van der Waals surface area contributed by atoms with Crippen molar-refractivity contribution in [3.05, 3.63) is 29.8 Å². The highest BCUT2D eigenvalue weighted by molar-refractivity contribution is 5.90. The summed E-state index contributed by atoms with van der Waals surface area (Å²) in [5.41, 5.74) is 3.62. The normalized spacial score (nSPS) is 18.6. The van der Waals surface area contributed by atoms with Gasteiger partial charge in [-0.1, -0.05) is 26.0 Å². The highest BCUT2D eigenvalue weighted by atomic mass is 16.5. The topological polar surface area (TPSA) is 120 Å². The Balaban J connectivity index is 2.21. The molecule has 1 aliphatic rings. The molecule has 0 aliphatic carbocycles. The van der Waals surface area contributed by atoms with Gasteiger partial charge in [-0.25, -0.2) is 5.43 Å². The van der Waals surface area contributed by atoms with E-state index in [4.69, 9.17) is 4.74 Å². The maximum Gasteiger partial charge on any atom is 0.324 e. The second-order valence-electron chi connectivity index (χ2n) is 7.78. The first-order valence-corrected chi connectivity index (χ1v) is 10.2. The van der Waals surface area contributed by atoms with Gasteiger partial charge in [-0.3, -0.25) is 19.4 Å². The fraction of sp³-hybridized carbons (Fsp3) is 0.571. The number of likely N-dealkylation sites (N-methyl/N-ethyl adjacent to an activating group) is 1. The van der Waals surface area contributed by atoms with E-state index >= 15 is 0 Å². The predicted octanol–water partition coefficient (Wildman–Crippen LogP) is 0.332. The fourth-order valence-corrected chi connectivity index (χ4v) is 3.59. The zero-order chi connectivity index (χ0) is 22.3. The molecule has 3 atom stereocenters. The van der Waals surface area contributed by atoms with E-state index in [2.05, 4.69) is 16.1 Å². The molecule has 1 saturated heterocycles. The van der Waals surface area contributed by atoms with E-state index in [0.29, 0.717) is 24.9 Å². The Morgan fingerprint density at radius 3 is 2.67 bits per heavy atom. The Bertz CT molecular complexity index is 755. The molecule has 1 aromatic carbocycles. The van der Waals surface area contributed by atoms with Crippen LogP contribution >= 0.6 is 0 Å². The number of phenolic OH excluding ortho intramolecular Hbond substituents is 1. The van der Waals surface area contributed by atoms with Crippen LogP contribution < -0.4 is 16.1 Å². The van der Waals surface area contributed by atoms with Gasteiger partial charge in [0.15, 0.2) is 0 Å². The molecule has 9 nitrogen and oxygen atoms in total. The summed E-state index contributed by atoms with van der Waals surface area (Å²) in [5, 5.41) is 17.0. The number of hydrogen-bond donors (Lipinski definition) is 4. The standard InChI is InChI=1S/C21H32N4O5/c1-13(2)18(22-3)19(27)23-17(12-14-7-5-8-15(26)11-14)20(28)25-10-6-9-16(24-25)21(29)30-4/h5,7-8,11,13,16-18,22,24,26H,6,9-10,12H2,1-4H3,(H,23,27). The second kappa shape index (κ2) is 10.9. The molecule has 30 heavy (non-hydrogen) atoms. The maximum absolute atomic E-state index is 13.3. The lowest BCUT2D eigenvalue weighted by Crippen LogP contribution is -2.61. The third kappa shape index (κ3) is 6.17. The first-order valence-electron chi connectivity index (χ1n) is 10.2. The lowest BCUT2D eigenvalue weighted by molar-refractivity contribution is -0.151. The molecule has 1 heterocycles. The number of phenols is 1. The summed E-state index contributed by atoms with van der Waals surface area (Å²) in [6.45, 7) is 4.25. The molecule has 1 fully saturated rings. The molecule has 1 aromatic rings. The van der Waals surface area contributed by atoms with Crippen LogP contribution in [0.25, 0.3) is 0 Å². The number of hydrogen-bond acceptors (Lipinski definition) is 7. The third-order valence-corrected chi connectivity index (χ3v) is 5.16. The largest absolute Gasteiger partial charge is 0.508 e. The Labute approximate surface area is 177 Å². The third-order valence-electron chi connectivity index (χ3n) is 5.16. The van der Waals surface area contributed by atoms with Crippen LogP contribution in [-0.2, 0) is 25.5 Å². The lowest BCUT2D eigenvalue weighted by atomic mass is 10.0. The number of rotatable bonds is 8. The first-order chi connectivity index (χ1) is 14.3. The summed E-state index contributed by atoms with van der Waals surface area (Å²) in [6, 6.07) is 4.65. The van der Waals surface area contributed by atoms with Gasteiger partial charge in [0.2, 0.25) is 5.91 Å². The smallest absolute Gasteiger partial charge is 0.324 e. The van der Waals surface area contributed by atoms with E-state index in [0.717, 1.165) is 0 Å². The molecule has 3 unspecified atom stereocenters. The average molecular weight is 421 g/mol. The predicted molar refractivity (Wildman–Crippen MR) is 111 cm³/mol. The number of nitrogens with one attached hydrogen (secondary N) is 3. The Hall–Kier alpha value is -2.65. The summed E-state index contributed by atoms with van der Waals surface area (Å²) in [7, 11) is 3.00. The number of esters is 1. The van der Waals surface area contributed by atoms with E-state index in [1.165, 1.54) is 12.1 Å². The zero-order valence-electron chi connectivity index (χ0n) is 18.0. The number of carbonyl (C=O) groups is 3. The molecule has 166 valence electrons. The van der Waals surface area contributed by atoms with Gasteiger partial charge in [0.25, 0.3) is 5.91 Å². The molecule has 0 bridgehead atoms. The lowest BCUT2D eigenvalue weighted by Gasteiger charge is -2.35. The fourth-order valence-electron chi connectivity index (χ4n) is 3.59. The summed E-state index contributed by atoms with van der Waals surface area (Å²) in [6.07, 6.45) is 1.40. The number of ether oxygens (including phenoxy) is 1. The molecule has 2 rings (SSSR count). The molecule has 0 aromatic heterocycles. The summed E-state index contributed by atoms with van der Waals surface area (Å²) in [5.74, 6) is -0.951. The Kier molecular flexibility index (Phi) is 8.61. The molecule has 9 heteroatoms. The summed E-state index contributed by atoms with van der Waals surface area (Å²) >= 11 is 0. The number of aromatic hydroxyl groups is 1. The summed E-state index contributed by atoms with van der Waals surface area (Å²) < 4.78 is 4.78. The zero-order valence-corrected chi connectivity index (χ0v) is 18.0. The minimum absolute atomic E-state index is 0.0309. The van der Waals surface area contributed by atoms with E-state index in [-0.39, 0.29) is 29.9 Å². The van der Waals surface area contributed by atoms with Crippen LogP contribution in [0.1, 0.15) is 32.3 Å². The van der Waals surface area contributed by atoms with Gasteiger partial charge in [0.1, 0.15) is 17.8 Å². The van der Waals surface area contributed by atoms with Gasteiger partial charge < -0.3 is 20.5 Å². The maximum atomic E-state index is 13.3. The molecule has 0 spiro atoms. The number of nitrogens with zero attached hydrogens (tertiary/aromatic N) is 1. The van der Waals surface area contributed by atoms with Crippen LogP contribution in [0.15, 0.2) is 24.3 Å². The highest BCUT2D eigenvalue weighted by Gasteiger charge is 2.34. The summed E-state index contributed by atoms with van der Waals surface area (Å²) in [4.78, 5) is 38.0. The van der Waals surface area contributed by atoms with Crippen LogP contribution in [0, 0.1) is 5.92 Å². The van der Waals surface area contributed by atoms with Crippen LogP contribution in [0.4, 0.5) is 0 Å². The first kappa shape index (κ1) is 23.6. The van der Waals surface area contributed by atoms with Crippen LogP contribution in [-0.4, -0.2) is 66.7 Å². The van der Waals surface area contributed by atoms with Crippen molar-refractivity contribution in [3.63, 3.8) is 0 Å². The van der Waals surface area contributed by atoms with E-state index in [1.54, 1.807) is 31.3 Å².